The smallest absolute Gasteiger partial charge is 0.0790 e. The molecule has 0 aliphatic heterocycles. The molecule has 1 nitrogen and oxygen atoms in total. The van der Waals surface area contributed by atoms with Crippen molar-refractivity contribution in [2.45, 2.75) is 38.7 Å². The molecule has 0 aromatic heterocycles. The SMILES string of the molecule is Cc1cc(C(O)CCC2CC2)ccc1Cl. The molecule has 1 atom stereocenters. The molecule has 1 fully saturated rings. The van der Waals surface area contributed by atoms with Crippen molar-refractivity contribution in [3.63, 3.8) is 0 Å². The van der Waals surface area contributed by atoms with Gasteiger partial charge in [0, 0.05) is 5.02 Å². The molecule has 0 radical (unpaired) electrons. The van der Waals surface area contributed by atoms with E-state index in [1.165, 1.54) is 12.8 Å². The summed E-state index contributed by atoms with van der Waals surface area (Å²) in [7, 11) is 0. The monoisotopic (exact) mass is 224 g/mol. The lowest BCUT2D eigenvalue weighted by Gasteiger charge is -2.11. The third kappa shape index (κ3) is 2.96. The summed E-state index contributed by atoms with van der Waals surface area (Å²) < 4.78 is 0. The molecule has 1 saturated carbocycles. The molecule has 2 rings (SSSR count). The number of hydrogen-bond donors (Lipinski definition) is 1. The van der Waals surface area contributed by atoms with Gasteiger partial charge in [0.2, 0.25) is 0 Å². The first-order valence-electron chi connectivity index (χ1n) is 5.61. The zero-order valence-electron chi connectivity index (χ0n) is 9.04. The highest BCUT2D eigenvalue weighted by atomic mass is 35.5. The fraction of sp³-hybridized carbons (Fsp3) is 0.538. The summed E-state index contributed by atoms with van der Waals surface area (Å²) in [6.07, 6.45) is 4.43. The molecule has 0 spiro atoms. The minimum absolute atomic E-state index is 0.318. The van der Waals surface area contributed by atoms with Crippen LogP contribution in [0.2, 0.25) is 5.02 Å². The molecular weight excluding hydrogens is 208 g/mol. The van der Waals surface area contributed by atoms with Gasteiger partial charge in [-0.05, 0) is 42.9 Å². The van der Waals surface area contributed by atoms with E-state index in [9.17, 15) is 5.11 Å². The van der Waals surface area contributed by atoms with Crippen molar-refractivity contribution in [2.24, 2.45) is 5.92 Å². The van der Waals surface area contributed by atoms with Gasteiger partial charge in [-0.25, -0.2) is 0 Å². The van der Waals surface area contributed by atoms with E-state index in [1.54, 1.807) is 0 Å². The predicted molar refractivity (Wildman–Crippen MR) is 63.1 cm³/mol. The van der Waals surface area contributed by atoms with Gasteiger partial charge in [-0.1, -0.05) is 36.6 Å². The van der Waals surface area contributed by atoms with Gasteiger partial charge in [0.1, 0.15) is 0 Å². The molecule has 1 aromatic carbocycles. The standard InChI is InChI=1S/C13H17ClO/c1-9-8-11(5-6-12(9)14)13(15)7-4-10-2-3-10/h5-6,8,10,13,15H,2-4,7H2,1H3. The Kier molecular flexibility index (Phi) is 3.32. The summed E-state index contributed by atoms with van der Waals surface area (Å²) in [6.45, 7) is 1.97. The van der Waals surface area contributed by atoms with E-state index in [0.29, 0.717) is 0 Å². The van der Waals surface area contributed by atoms with Crippen LogP contribution in [0.3, 0.4) is 0 Å². The van der Waals surface area contributed by atoms with Crippen LogP contribution in [0.1, 0.15) is 42.9 Å². The molecule has 1 aliphatic carbocycles. The Bertz CT molecular complexity index is 344. The van der Waals surface area contributed by atoms with Crippen LogP contribution in [0.25, 0.3) is 0 Å². The van der Waals surface area contributed by atoms with Gasteiger partial charge >= 0.3 is 0 Å². The summed E-state index contributed by atoms with van der Waals surface area (Å²) in [5.41, 5.74) is 2.04. The van der Waals surface area contributed by atoms with Crippen molar-refractivity contribution in [1.82, 2.24) is 0 Å². The maximum atomic E-state index is 9.97. The first-order chi connectivity index (χ1) is 7.16. The van der Waals surface area contributed by atoms with E-state index in [0.717, 1.165) is 34.9 Å². The first-order valence-corrected chi connectivity index (χ1v) is 5.98. The Morgan fingerprint density at radius 2 is 2.20 bits per heavy atom. The average Bonchev–Trinajstić information content (AvgIpc) is 3.02. The maximum Gasteiger partial charge on any atom is 0.0790 e. The molecule has 0 saturated heterocycles. The van der Waals surface area contributed by atoms with Crippen molar-refractivity contribution in [1.29, 1.82) is 0 Å². The number of halogens is 1. The van der Waals surface area contributed by atoms with E-state index in [-0.39, 0.29) is 6.10 Å². The van der Waals surface area contributed by atoms with Gasteiger partial charge in [-0.2, -0.15) is 0 Å². The quantitative estimate of drug-likeness (QED) is 0.823. The van der Waals surface area contributed by atoms with Crippen molar-refractivity contribution >= 4 is 11.6 Å². The fourth-order valence-corrected chi connectivity index (χ4v) is 1.96. The summed E-state index contributed by atoms with van der Waals surface area (Å²) in [5.74, 6) is 0.882. The van der Waals surface area contributed by atoms with Gasteiger partial charge in [0.25, 0.3) is 0 Å². The Labute approximate surface area is 96.1 Å². The second-order valence-corrected chi connectivity index (χ2v) is 4.95. The number of benzene rings is 1. The van der Waals surface area contributed by atoms with E-state index in [2.05, 4.69) is 0 Å². The highest BCUT2D eigenvalue weighted by molar-refractivity contribution is 6.31. The van der Waals surface area contributed by atoms with Crippen molar-refractivity contribution in [3.05, 3.63) is 34.3 Å². The van der Waals surface area contributed by atoms with E-state index >= 15 is 0 Å². The Balaban J connectivity index is 1.97. The number of aliphatic hydroxyl groups is 1. The Hall–Kier alpha value is -0.530. The molecule has 1 aromatic rings. The lowest BCUT2D eigenvalue weighted by Crippen LogP contribution is -1.98. The van der Waals surface area contributed by atoms with E-state index < -0.39 is 0 Å². The van der Waals surface area contributed by atoms with Crippen LogP contribution >= 0.6 is 11.6 Å². The van der Waals surface area contributed by atoms with Crippen molar-refractivity contribution < 1.29 is 5.11 Å². The molecule has 0 bridgehead atoms. The average molecular weight is 225 g/mol. The molecule has 15 heavy (non-hydrogen) atoms. The highest BCUT2D eigenvalue weighted by Crippen LogP contribution is 2.36. The van der Waals surface area contributed by atoms with Crippen molar-refractivity contribution in [2.75, 3.05) is 0 Å². The van der Waals surface area contributed by atoms with Crippen LogP contribution in [0, 0.1) is 12.8 Å². The molecule has 1 aliphatic rings. The van der Waals surface area contributed by atoms with E-state index in [1.807, 2.05) is 25.1 Å². The van der Waals surface area contributed by atoms with Crippen molar-refractivity contribution in [3.8, 4) is 0 Å². The van der Waals surface area contributed by atoms with Crippen LogP contribution in [-0.4, -0.2) is 5.11 Å². The Morgan fingerprint density at radius 3 is 2.80 bits per heavy atom. The summed E-state index contributed by atoms with van der Waals surface area (Å²) in [6, 6.07) is 5.78. The summed E-state index contributed by atoms with van der Waals surface area (Å²) in [4.78, 5) is 0. The molecule has 2 heteroatoms. The molecule has 82 valence electrons. The number of aryl methyl sites for hydroxylation is 1. The summed E-state index contributed by atoms with van der Waals surface area (Å²) >= 11 is 5.94. The van der Waals surface area contributed by atoms with Crippen LogP contribution < -0.4 is 0 Å². The van der Waals surface area contributed by atoms with Gasteiger partial charge in [0.15, 0.2) is 0 Å². The molecule has 1 unspecified atom stereocenters. The zero-order chi connectivity index (χ0) is 10.8. The third-order valence-electron chi connectivity index (χ3n) is 3.11. The fourth-order valence-electron chi connectivity index (χ4n) is 1.84. The molecule has 0 heterocycles. The number of aliphatic hydroxyl groups excluding tert-OH is 1. The predicted octanol–water partition coefficient (Wildman–Crippen LogP) is 3.87. The second-order valence-electron chi connectivity index (χ2n) is 4.55. The Morgan fingerprint density at radius 1 is 1.47 bits per heavy atom. The first kappa shape index (κ1) is 11.0. The normalized spacial score (nSPS) is 17.8. The third-order valence-corrected chi connectivity index (χ3v) is 3.54. The van der Waals surface area contributed by atoms with Gasteiger partial charge in [0.05, 0.1) is 6.10 Å². The van der Waals surface area contributed by atoms with Gasteiger partial charge in [-0.15, -0.1) is 0 Å². The molecule has 1 N–H and O–H groups in total. The lowest BCUT2D eigenvalue weighted by atomic mass is 10.0. The number of hydrogen-bond acceptors (Lipinski definition) is 1. The van der Waals surface area contributed by atoms with Crippen LogP contribution in [-0.2, 0) is 0 Å². The lowest BCUT2D eigenvalue weighted by molar-refractivity contribution is 0.162. The van der Waals surface area contributed by atoms with Gasteiger partial charge in [-0.3, -0.25) is 0 Å². The minimum atomic E-state index is -0.318. The second kappa shape index (κ2) is 4.54. The minimum Gasteiger partial charge on any atom is -0.388 e. The maximum absolute atomic E-state index is 9.97. The zero-order valence-corrected chi connectivity index (χ0v) is 9.80. The van der Waals surface area contributed by atoms with Crippen LogP contribution in [0.4, 0.5) is 0 Å². The van der Waals surface area contributed by atoms with E-state index in [4.69, 9.17) is 11.6 Å². The number of rotatable bonds is 4. The summed E-state index contributed by atoms with van der Waals surface area (Å²) in [5, 5.41) is 10.7. The molecule has 0 amide bonds. The topological polar surface area (TPSA) is 20.2 Å². The highest BCUT2D eigenvalue weighted by Gasteiger charge is 2.22. The largest absolute Gasteiger partial charge is 0.388 e. The van der Waals surface area contributed by atoms with Crippen LogP contribution in [0.15, 0.2) is 18.2 Å². The van der Waals surface area contributed by atoms with Crippen LogP contribution in [0.5, 0.6) is 0 Å². The van der Waals surface area contributed by atoms with Gasteiger partial charge < -0.3 is 5.11 Å². The molecular formula is C13H17ClO.